The third kappa shape index (κ3) is 1.81. The fraction of sp³-hybridized carbons (Fsp3) is 0.571. The Morgan fingerprint density at radius 3 is 2.53 bits per heavy atom. The molecule has 82 valence electrons. The summed E-state index contributed by atoms with van der Waals surface area (Å²) in [5.41, 5.74) is 9.36. The van der Waals surface area contributed by atoms with Crippen molar-refractivity contribution in [2.45, 2.75) is 45.1 Å². The van der Waals surface area contributed by atoms with Gasteiger partial charge in [-0.3, -0.25) is 0 Å². The van der Waals surface area contributed by atoms with Crippen LogP contribution in [0.4, 0.5) is 0 Å². The summed E-state index contributed by atoms with van der Waals surface area (Å²) in [4.78, 5) is 0. The SMILES string of the molecule is CCC(CC)C(N)C1Cc2ccccc21. The van der Waals surface area contributed by atoms with Crippen molar-refractivity contribution in [2.75, 3.05) is 0 Å². The Bertz CT molecular complexity index is 328. The van der Waals surface area contributed by atoms with Gasteiger partial charge in [0.2, 0.25) is 0 Å². The van der Waals surface area contributed by atoms with Crippen molar-refractivity contribution in [2.24, 2.45) is 11.7 Å². The molecule has 0 amide bonds. The molecule has 2 N–H and O–H groups in total. The Morgan fingerprint density at radius 1 is 1.27 bits per heavy atom. The molecule has 0 spiro atoms. The van der Waals surface area contributed by atoms with E-state index in [1.165, 1.54) is 30.4 Å². The highest BCUT2D eigenvalue weighted by molar-refractivity contribution is 5.41. The third-order valence-corrected chi connectivity index (χ3v) is 3.95. The summed E-state index contributed by atoms with van der Waals surface area (Å²) in [6.07, 6.45) is 3.60. The normalized spacial score (nSPS) is 20.9. The first-order valence-corrected chi connectivity index (χ1v) is 6.11. The van der Waals surface area contributed by atoms with Crippen LogP contribution in [0.2, 0.25) is 0 Å². The second-order valence-corrected chi connectivity index (χ2v) is 4.66. The number of hydrogen-bond acceptors (Lipinski definition) is 1. The van der Waals surface area contributed by atoms with Crippen molar-refractivity contribution in [1.82, 2.24) is 0 Å². The van der Waals surface area contributed by atoms with Crippen LogP contribution in [0.15, 0.2) is 24.3 Å². The lowest BCUT2D eigenvalue weighted by molar-refractivity contribution is 0.327. The number of benzene rings is 1. The second-order valence-electron chi connectivity index (χ2n) is 4.66. The summed E-state index contributed by atoms with van der Waals surface area (Å²) in [5.74, 6) is 1.30. The largest absolute Gasteiger partial charge is 0.327 e. The maximum atomic E-state index is 6.36. The molecule has 1 aromatic rings. The Kier molecular flexibility index (Phi) is 3.11. The molecule has 1 heteroatoms. The fourth-order valence-electron chi connectivity index (χ4n) is 2.80. The number of nitrogens with two attached hydrogens (primary N) is 1. The van der Waals surface area contributed by atoms with E-state index < -0.39 is 0 Å². The monoisotopic (exact) mass is 203 g/mol. The van der Waals surface area contributed by atoms with Crippen LogP contribution in [0.5, 0.6) is 0 Å². The van der Waals surface area contributed by atoms with Crippen molar-refractivity contribution >= 4 is 0 Å². The zero-order valence-corrected chi connectivity index (χ0v) is 9.74. The average Bonchev–Trinajstić information content (AvgIpc) is 2.22. The van der Waals surface area contributed by atoms with Crippen molar-refractivity contribution in [1.29, 1.82) is 0 Å². The first-order chi connectivity index (χ1) is 7.27. The predicted octanol–water partition coefficient (Wildman–Crippen LogP) is 3.09. The van der Waals surface area contributed by atoms with Crippen LogP contribution in [0.3, 0.4) is 0 Å². The quantitative estimate of drug-likeness (QED) is 0.799. The highest BCUT2D eigenvalue weighted by Gasteiger charge is 2.33. The molecule has 0 heterocycles. The van der Waals surface area contributed by atoms with E-state index in [2.05, 4.69) is 38.1 Å². The second kappa shape index (κ2) is 4.36. The van der Waals surface area contributed by atoms with Gasteiger partial charge < -0.3 is 5.73 Å². The van der Waals surface area contributed by atoms with E-state index in [4.69, 9.17) is 5.73 Å². The fourth-order valence-corrected chi connectivity index (χ4v) is 2.80. The zero-order chi connectivity index (χ0) is 10.8. The van der Waals surface area contributed by atoms with Crippen LogP contribution >= 0.6 is 0 Å². The van der Waals surface area contributed by atoms with Crippen molar-refractivity contribution < 1.29 is 0 Å². The van der Waals surface area contributed by atoms with E-state index in [0.717, 1.165) is 0 Å². The molecule has 1 aromatic carbocycles. The summed E-state index contributed by atoms with van der Waals surface area (Å²) < 4.78 is 0. The lowest BCUT2D eigenvalue weighted by Gasteiger charge is -2.38. The first-order valence-electron chi connectivity index (χ1n) is 6.11. The Hall–Kier alpha value is -0.820. The number of fused-ring (bicyclic) bond motifs is 1. The summed E-state index contributed by atoms with van der Waals surface area (Å²) >= 11 is 0. The van der Waals surface area contributed by atoms with Gasteiger partial charge in [0.25, 0.3) is 0 Å². The van der Waals surface area contributed by atoms with Crippen LogP contribution in [-0.2, 0) is 6.42 Å². The van der Waals surface area contributed by atoms with Crippen LogP contribution in [0.25, 0.3) is 0 Å². The Balaban J connectivity index is 2.09. The molecule has 0 aromatic heterocycles. The predicted molar refractivity (Wildman–Crippen MR) is 64.9 cm³/mol. The van der Waals surface area contributed by atoms with Gasteiger partial charge in [0.05, 0.1) is 0 Å². The Labute approximate surface area is 92.7 Å². The Morgan fingerprint density at radius 2 is 1.93 bits per heavy atom. The van der Waals surface area contributed by atoms with E-state index >= 15 is 0 Å². The van der Waals surface area contributed by atoms with Crippen LogP contribution < -0.4 is 5.73 Å². The average molecular weight is 203 g/mol. The zero-order valence-electron chi connectivity index (χ0n) is 9.74. The molecule has 0 aliphatic heterocycles. The maximum Gasteiger partial charge on any atom is 0.0139 e. The molecular formula is C14H21N. The van der Waals surface area contributed by atoms with E-state index in [1.807, 2.05) is 0 Å². The van der Waals surface area contributed by atoms with Crippen LogP contribution in [0, 0.1) is 5.92 Å². The molecule has 15 heavy (non-hydrogen) atoms. The molecule has 2 unspecified atom stereocenters. The minimum absolute atomic E-state index is 0.356. The molecule has 0 radical (unpaired) electrons. The third-order valence-electron chi connectivity index (χ3n) is 3.95. The van der Waals surface area contributed by atoms with E-state index in [9.17, 15) is 0 Å². The van der Waals surface area contributed by atoms with E-state index in [0.29, 0.717) is 17.9 Å². The molecule has 0 fully saturated rings. The van der Waals surface area contributed by atoms with Gasteiger partial charge in [0.1, 0.15) is 0 Å². The number of hydrogen-bond donors (Lipinski definition) is 1. The van der Waals surface area contributed by atoms with Gasteiger partial charge in [-0.05, 0) is 23.5 Å². The molecule has 2 atom stereocenters. The van der Waals surface area contributed by atoms with Gasteiger partial charge in [-0.15, -0.1) is 0 Å². The van der Waals surface area contributed by atoms with Gasteiger partial charge in [0.15, 0.2) is 0 Å². The molecule has 2 rings (SSSR count). The van der Waals surface area contributed by atoms with Crippen LogP contribution in [0.1, 0.15) is 43.7 Å². The minimum atomic E-state index is 0.356. The minimum Gasteiger partial charge on any atom is -0.327 e. The van der Waals surface area contributed by atoms with E-state index in [-0.39, 0.29) is 0 Å². The van der Waals surface area contributed by atoms with Gasteiger partial charge in [-0.25, -0.2) is 0 Å². The molecular weight excluding hydrogens is 182 g/mol. The van der Waals surface area contributed by atoms with Crippen molar-refractivity contribution in [3.63, 3.8) is 0 Å². The van der Waals surface area contributed by atoms with Gasteiger partial charge in [0, 0.05) is 12.0 Å². The van der Waals surface area contributed by atoms with Gasteiger partial charge >= 0.3 is 0 Å². The lowest BCUT2D eigenvalue weighted by Crippen LogP contribution is -2.41. The van der Waals surface area contributed by atoms with Crippen LogP contribution in [-0.4, -0.2) is 6.04 Å². The standard InChI is InChI=1S/C14H21N/c1-3-10(4-2)14(15)13-9-11-7-5-6-8-12(11)13/h5-8,10,13-14H,3-4,9,15H2,1-2H3. The molecule has 0 bridgehead atoms. The smallest absolute Gasteiger partial charge is 0.0139 e. The molecule has 1 aliphatic carbocycles. The highest BCUT2D eigenvalue weighted by Crippen LogP contribution is 2.39. The summed E-state index contributed by atoms with van der Waals surface area (Å²) in [7, 11) is 0. The summed E-state index contributed by atoms with van der Waals surface area (Å²) in [5, 5.41) is 0. The molecule has 0 saturated carbocycles. The van der Waals surface area contributed by atoms with Crippen molar-refractivity contribution in [3.05, 3.63) is 35.4 Å². The summed E-state index contributed by atoms with van der Waals surface area (Å²) in [6, 6.07) is 9.08. The first kappa shape index (κ1) is 10.7. The van der Waals surface area contributed by atoms with E-state index in [1.54, 1.807) is 0 Å². The molecule has 0 saturated heterocycles. The lowest BCUT2D eigenvalue weighted by atomic mass is 9.69. The number of rotatable bonds is 4. The van der Waals surface area contributed by atoms with Crippen molar-refractivity contribution in [3.8, 4) is 0 Å². The summed E-state index contributed by atoms with van der Waals surface area (Å²) in [6.45, 7) is 4.50. The van der Waals surface area contributed by atoms with Gasteiger partial charge in [-0.1, -0.05) is 51.0 Å². The molecule has 1 aliphatic rings. The highest BCUT2D eigenvalue weighted by atomic mass is 14.7. The van der Waals surface area contributed by atoms with Gasteiger partial charge in [-0.2, -0.15) is 0 Å². The topological polar surface area (TPSA) is 26.0 Å². The molecule has 1 nitrogen and oxygen atoms in total. The maximum absolute atomic E-state index is 6.36.